The van der Waals surface area contributed by atoms with Gasteiger partial charge in [0.15, 0.2) is 0 Å². The maximum absolute atomic E-state index is 12.6. The van der Waals surface area contributed by atoms with E-state index in [9.17, 15) is 9.59 Å². The van der Waals surface area contributed by atoms with Crippen molar-refractivity contribution in [3.05, 3.63) is 11.6 Å². The average molecular weight is 398 g/mol. The zero-order valence-electron chi connectivity index (χ0n) is 15.3. The van der Waals surface area contributed by atoms with Gasteiger partial charge in [-0.15, -0.1) is 23.5 Å². The number of esters is 2. The lowest BCUT2D eigenvalue weighted by atomic mass is 9.95. The standard InChI is InChI=1S/C19H27NO4S2/c1-19(25-7-2-8-26-19)11-13-9-16(21)23-12-14-3-5-20-6-4-15(18(14)20)24-17(22)10-13/h3,13,15,18H,2,4-12H2,1H3/t13?,15-,18-/m1/s1. The van der Waals surface area contributed by atoms with Gasteiger partial charge in [-0.3, -0.25) is 14.5 Å². The van der Waals surface area contributed by atoms with Crippen LogP contribution >= 0.6 is 23.5 Å². The molecular weight excluding hydrogens is 370 g/mol. The van der Waals surface area contributed by atoms with Crippen LogP contribution in [0.5, 0.6) is 0 Å². The molecule has 3 fully saturated rings. The molecule has 0 N–H and O–H groups in total. The van der Waals surface area contributed by atoms with Gasteiger partial charge < -0.3 is 9.47 Å². The molecule has 0 spiro atoms. The van der Waals surface area contributed by atoms with Crippen molar-refractivity contribution < 1.29 is 19.1 Å². The van der Waals surface area contributed by atoms with Gasteiger partial charge in [-0.25, -0.2) is 0 Å². The first-order valence-corrected chi connectivity index (χ1v) is 11.6. The van der Waals surface area contributed by atoms with Crippen LogP contribution in [-0.2, 0) is 19.1 Å². The Morgan fingerprint density at radius 1 is 1.23 bits per heavy atom. The number of nitrogens with zero attached hydrogens (tertiary/aromatic N) is 1. The van der Waals surface area contributed by atoms with Gasteiger partial charge in [-0.05, 0) is 49.2 Å². The topological polar surface area (TPSA) is 55.8 Å². The van der Waals surface area contributed by atoms with E-state index in [1.165, 1.54) is 6.42 Å². The molecule has 5 nitrogen and oxygen atoms in total. The molecule has 144 valence electrons. The molecule has 0 aromatic carbocycles. The van der Waals surface area contributed by atoms with Crippen LogP contribution in [0.1, 0.15) is 39.0 Å². The molecule has 0 aliphatic carbocycles. The second kappa shape index (κ2) is 7.76. The molecular formula is C19H27NO4S2. The summed E-state index contributed by atoms with van der Waals surface area (Å²) in [7, 11) is 0. The monoisotopic (exact) mass is 397 g/mol. The molecule has 0 aromatic heterocycles. The van der Waals surface area contributed by atoms with E-state index < -0.39 is 0 Å². The minimum atomic E-state index is -0.187. The molecule has 0 aromatic rings. The average Bonchev–Trinajstić information content (AvgIpc) is 3.15. The van der Waals surface area contributed by atoms with Gasteiger partial charge in [-0.1, -0.05) is 6.08 Å². The van der Waals surface area contributed by atoms with Crippen LogP contribution in [0.2, 0.25) is 0 Å². The minimum absolute atomic E-state index is 0.0115. The number of hydrogen-bond donors (Lipinski definition) is 0. The Hall–Kier alpha value is -0.660. The molecule has 4 aliphatic rings. The third-order valence-corrected chi connectivity index (χ3v) is 9.02. The lowest BCUT2D eigenvalue weighted by molar-refractivity contribution is -0.150. The first kappa shape index (κ1) is 18.7. The van der Waals surface area contributed by atoms with Crippen molar-refractivity contribution >= 4 is 35.5 Å². The van der Waals surface area contributed by atoms with Crippen LogP contribution in [0.15, 0.2) is 11.6 Å². The van der Waals surface area contributed by atoms with Gasteiger partial charge in [-0.2, -0.15) is 0 Å². The Morgan fingerprint density at radius 3 is 2.81 bits per heavy atom. The summed E-state index contributed by atoms with van der Waals surface area (Å²) in [5.74, 6) is 1.95. The van der Waals surface area contributed by atoms with E-state index in [0.29, 0.717) is 19.4 Å². The van der Waals surface area contributed by atoms with Crippen molar-refractivity contribution in [1.82, 2.24) is 4.90 Å². The highest BCUT2D eigenvalue weighted by Crippen LogP contribution is 2.47. The van der Waals surface area contributed by atoms with Crippen LogP contribution in [0.25, 0.3) is 0 Å². The molecule has 7 heteroatoms. The van der Waals surface area contributed by atoms with Crippen LogP contribution in [0.3, 0.4) is 0 Å². The molecule has 3 atom stereocenters. The summed E-state index contributed by atoms with van der Waals surface area (Å²) < 4.78 is 11.5. The van der Waals surface area contributed by atoms with Crippen molar-refractivity contribution in [2.45, 2.75) is 55.3 Å². The van der Waals surface area contributed by atoms with Gasteiger partial charge in [0, 0.05) is 25.9 Å². The molecule has 4 aliphatic heterocycles. The van der Waals surface area contributed by atoms with E-state index in [0.717, 1.165) is 43.0 Å². The molecule has 0 radical (unpaired) electrons. The highest BCUT2D eigenvalue weighted by Gasteiger charge is 2.43. The Bertz CT molecular complexity index is 602. The van der Waals surface area contributed by atoms with Crippen molar-refractivity contribution in [2.24, 2.45) is 5.92 Å². The summed E-state index contributed by atoms with van der Waals surface area (Å²) in [5, 5.41) is 0. The normalized spacial score (nSPS) is 35.1. The fourth-order valence-electron chi connectivity index (χ4n) is 4.57. The second-order valence-electron chi connectivity index (χ2n) is 7.86. The predicted molar refractivity (Wildman–Crippen MR) is 104 cm³/mol. The van der Waals surface area contributed by atoms with Crippen molar-refractivity contribution in [3.63, 3.8) is 0 Å². The number of rotatable bonds is 2. The number of cyclic esters (lactones) is 1. The number of thioether (sulfide) groups is 2. The smallest absolute Gasteiger partial charge is 0.306 e. The zero-order chi connectivity index (χ0) is 18.1. The number of carbonyl (C=O) groups is 2. The van der Waals surface area contributed by atoms with E-state index in [1.807, 2.05) is 23.5 Å². The second-order valence-corrected chi connectivity index (χ2v) is 11.3. The maximum atomic E-state index is 12.6. The lowest BCUT2D eigenvalue weighted by Gasteiger charge is -2.35. The Labute approximate surface area is 163 Å². The van der Waals surface area contributed by atoms with E-state index in [1.54, 1.807) is 0 Å². The van der Waals surface area contributed by atoms with Crippen LogP contribution in [0, 0.1) is 5.92 Å². The highest BCUT2D eigenvalue weighted by atomic mass is 32.2. The number of carbonyl (C=O) groups excluding carboxylic acids is 2. The Kier molecular flexibility index (Phi) is 5.58. The van der Waals surface area contributed by atoms with Gasteiger partial charge in [0.2, 0.25) is 0 Å². The molecule has 4 heterocycles. The molecule has 4 rings (SSSR count). The van der Waals surface area contributed by atoms with Crippen LogP contribution < -0.4 is 0 Å². The van der Waals surface area contributed by atoms with Gasteiger partial charge in [0.1, 0.15) is 12.7 Å². The summed E-state index contributed by atoms with van der Waals surface area (Å²) in [6.07, 6.45) is 5.60. The first-order chi connectivity index (χ1) is 12.5. The summed E-state index contributed by atoms with van der Waals surface area (Å²) in [5.41, 5.74) is 1.09. The van der Waals surface area contributed by atoms with E-state index >= 15 is 0 Å². The zero-order valence-corrected chi connectivity index (χ0v) is 16.9. The molecule has 0 amide bonds. The third kappa shape index (κ3) is 4.09. The first-order valence-electron chi connectivity index (χ1n) is 9.58. The quantitative estimate of drug-likeness (QED) is 0.524. The summed E-state index contributed by atoms with van der Waals surface area (Å²) >= 11 is 3.91. The van der Waals surface area contributed by atoms with Gasteiger partial charge >= 0.3 is 11.9 Å². The molecule has 3 saturated heterocycles. The molecule has 0 bridgehead atoms. The fraction of sp³-hybridized carbons (Fsp3) is 0.789. The highest BCUT2D eigenvalue weighted by molar-refractivity contribution is 8.18. The van der Waals surface area contributed by atoms with Crippen LogP contribution in [0.4, 0.5) is 0 Å². The van der Waals surface area contributed by atoms with Crippen molar-refractivity contribution in [3.8, 4) is 0 Å². The van der Waals surface area contributed by atoms with Gasteiger partial charge in [0.25, 0.3) is 0 Å². The summed E-state index contributed by atoms with van der Waals surface area (Å²) in [6.45, 7) is 4.38. The molecule has 0 saturated carbocycles. The van der Waals surface area contributed by atoms with E-state index in [-0.39, 0.29) is 34.1 Å². The maximum Gasteiger partial charge on any atom is 0.306 e. The lowest BCUT2D eigenvalue weighted by Crippen LogP contribution is -2.36. The van der Waals surface area contributed by atoms with E-state index in [4.69, 9.17) is 9.47 Å². The SMILES string of the molecule is CC1(CC2CC(=O)OCC3=CCN4CC[C@@H](OC(=O)C2)[C@@H]34)SCCCS1. The molecule has 26 heavy (non-hydrogen) atoms. The number of ether oxygens (including phenoxy) is 2. The predicted octanol–water partition coefficient (Wildman–Crippen LogP) is 2.84. The fourth-order valence-corrected chi connectivity index (χ4v) is 7.74. The number of hydrogen-bond acceptors (Lipinski definition) is 7. The van der Waals surface area contributed by atoms with Gasteiger partial charge in [0.05, 0.1) is 10.1 Å². The summed E-state index contributed by atoms with van der Waals surface area (Å²) in [6, 6.07) is 0.102. The minimum Gasteiger partial charge on any atom is -0.461 e. The van der Waals surface area contributed by atoms with Crippen LogP contribution in [-0.4, -0.2) is 64.3 Å². The van der Waals surface area contributed by atoms with E-state index in [2.05, 4.69) is 17.9 Å². The Morgan fingerprint density at radius 2 is 2.00 bits per heavy atom. The van der Waals surface area contributed by atoms with Crippen molar-refractivity contribution in [2.75, 3.05) is 31.2 Å². The molecule has 1 unspecified atom stereocenters. The largest absolute Gasteiger partial charge is 0.461 e. The van der Waals surface area contributed by atoms with Crippen molar-refractivity contribution in [1.29, 1.82) is 0 Å². The Balaban J connectivity index is 1.48. The summed E-state index contributed by atoms with van der Waals surface area (Å²) in [4.78, 5) is 27.4. The third-order valence-electron chi connectivity index (χ3n) is 5.77.